The summed E-state index contributed by atoms with van der Waals surface area (Å²) in [6.07, 6.45) is -0.390. The number of hydrogen-bond acceptors (Lipinski definition) is 6. The van der Waals surface area contributed by atoms with Crippen LogP contribution in [0.1, 0.15) is 41.0 Å². The highest BCUT2D eigenvalue weighted by Crippen LogP contribution is 2.64. The minimum Gasteiger partial charge on any atom is -0.460 e. The Bertz CT molecular complexity index is 536. The molecule has 1 fully saturated rings. The largest absolute Gasteiger partial charge is 0.460 e. The maximum absolute atomic E-state index is 12.6. The molecule has 0 N–H and O–H groups in total. The van der Waals surface area contributed by atoms with Crippen LogP contribution in [0.4, 0.5) is 0 Å². The minimum absolute atomic E-state index is 0.00953. The third kappa shape index (κ3) is 7.74. The van der Waals surface area contributed by atoms with E-state index < -0.39 is 28.7 Å². The summed E-state index contributed by atoms with van der Waals surface area (Å²) in [7, 11) is 0. The average Bonchev–Trinajstić information content (AvgIpc) is 2.63. The molecule has 5 nitrogen and oxygen atoms in total. The molecule has 130 valence electrons. The van der Waals surface area contributed by atoms with Gasteiger partial charge in [-0.1, -0.05) is 0 Å². The fraction of sp³-hybridized carbons (Fsp3) is 0.714. The maximum atomic E-state index is 12.6. The van der Waals surface area contributed by atoms with Crippen molar-refractivity contribution in [2.24, 2.45) is 0 Å². The lowest BCUT2D eigenvalue weighted by Crippen LogP contribution is -2.43. The molecule has 0 aromatic heterocycles. The molecule has 9 heteroatoms. The van der Waals surface area contributed by atoms with Gasteiger partial charge in [-0.15, -0.1) is 0 Å². The zero-order valence-corrected chi connectivity index (χ0v) is 19.6. The molecule has 0 spiro atoms. The van der Waals surface area contributed by atoms with Crippen LogP contribution in [0, 0.1) is 11.2 Å². The van der Waals surface area contributed by atoms with Crippen molar-refractivity contribution in [3.8, 4) is 11.2 Å². The number of ether oxygens (including phenoxy) is 3. The molecule has 23 heavy (non-hydrogen) atoms. The van der Waals surface area contributed by atoms with Crippen LogP contribution in [0.15, 0.2) is 0 Å². The van der Waals surface area contributed by atoms with Gasteiger partial charge in [-0.25, -0.2) is 0 Å². The summed E-state index contributed by atoms with van der Waals surface area (Å²) < 4.78 is 16.1. The fourth-order valence-electron chi connectivity index (χ4n) is 1.81. The molecule has 0 radical (unpaired) electrons. The number of esters is 1. The number of carbonyl (C=O) groups excluding carboxylic acids is 2. The lowest BCUT2D eigenvalue weighted by molar-refractivity contribution is -0.168. The lowest BCUT2D eigenvalue weighted by atomic mass is 9.98. The van der Waals surface area contributed by atoms with E-state index in [2.05, 4.69) is 55.3 Å². The van der Waals surface area contributed by atoms with E-state index in [4.69, 9.17) is 14.2 Å². The fourth-order valence-corrected chi connectivity index (χ4v) is 4.21. The molecule has 1 rings (SSSR count). The SMILES string of the molecule is CC(C)(C)OC(=O)CC(=O)[C@@]1(C#CSP(I)I)COC(C)(C)O1. The van der Waals surface area contributed by atoms with Crippen LogP contribution in [0.3, 0.4) is 0 Å². The number of Topliss-reactive ketones (excluding diaryl/α,β-unsaturated/α-hetero) is 1. The van der Waals surface area contributed by atoms with Crippen LogP contribution in [0.2, 0.25) is 0 Å². The van der Waals surface area contributed by atoms with E-state index in [1.165, 1.54) is 11.4 Å². The van der Waals surface area contributed by atoms with Gasteiger partial charge in [0.1, 0.15) is 12.0 Å². The first kappa shape index (κ1) is 21.9. The highest BCUT2D eigenvalue weighted by atomic mass is 127. The minimum atomic E-state index is -1.41. The zero-order chi connectivity index (χ0) is 17.9. The van der Waals surface area contributed by atoms with Crippen LogP contribution in [0.25, 0.3) is 0 Å². The Hall–Kier alpha value is 0.860. The summed E-state index contributed by atoms with van der Waals surface area (Å²) in [5.41, 5.74) is -2.05. The van der Waals surface area contributed by atoms with E-state index in [-0.39, 0.29) is 15.4 Å². The van der Waals surface area contributed by atoms with Crippen molar-refractivity contribution in [2.45, 2.75) is 58.0 Å². The topological polar surface area (TPSA) is 61.8 Å². The highest BCUT2D eigenvalue weighted by molar-refractivity contribution is 14.3. The summed E-state index contributed by atoms with van der Waals surface area (Å²) in [5.74, 6) is 0.929. The number of carbonyl (C=O) groups is 2. The van der Waals surface area contributed by atoms with Crippen LogP contribution < -0.4 is 0 Å². The van der Waals surface area contributed by atoms with Crippen LogP contribution in [0.5, 0.6) is 0 Å². The standard InChI is InChI=1S/C14H19I2O5PS/c1-12(2,3)20-11(18)8-10(17)14(6-7-23-22(15)16)9-19-13(4,5)21-14/h8-9H2,1-5H3/t14-/m1/s1. The van der Waals surface area contributed by atoms with Crippen molar-refractivity contribution in [1.29, 1.82) is 0 Å². The van der Waals surface area contributed by atoms with Gasteiger partial charge in [0.15, 0.2) is 11.6 Å². The molecule has 0 bridgehead atoms. The van der Waals surface area contributed by atoms with Gasteiger partial charge in [0.2, 0.25) is 5.60 Å². The summed E-state index contributed by atoms with van der Waals surface area (Å²) in [6, 6.07) is 0. The van der Waals surface area contributed by atoms with Gasteiger partial charge in [0.25, 0.3) is 0 Å². The Morgan fingerprint density at radius 2 is 1.96 bits per heavy atom. The lowest BCUT2D eigenvalue weighted by Gasteiger charge is -2.24. The molecule has 0 aliphatic carbocycles. The van der Waals surface area contributed by atoms with E-state index in [0.717, 1.165) is 0 Å². The van der Waals surface area contributed by atoms with Gasteiger partial charge in [0.05, 0.1) is 9.02 Å². The zero-order valence-electron chi connectivity index (χ0n) is 13.6. The average molecular weight is 584 g/mol. The van der Waals surface area contributed by atoms with Gasteiger partial charge in [-0.2, -0.15) is 0 Å². The van der Waals surface area contributed by atoms with Crippen molar-refractivity contribution >= 4 is 69.6 Å². The third-order valence-electron chi connectivity index (χ3n) is 2.59. The van der Waals surface area contributed by atoms with Gasteiger partial charge in [0, 0.05) is 0 Å². The molecule has 0 amide bonds. The Kier molecular flexibility index (Phi) is 8.09. The second-order valence-electron chi connectivity index (χ2n) is 6.32. The normalized spacial score (nSPS) is 23.3. The summed E-state index contributed by atoms with van der Waals surface area (Å²) in [5, 5.41) is 2.91. The summed E-state index contributed by atoms with van der Waals surface area (Å²) in [4.78, 5) is 24.5. The molecule has 0 unspecified atom stereocenters. The monoisotopic (exact) mass is 584 g/mol. The van der Waals surface area contributed by atoms with E-state index >= 15 is 0 Å². The van der Waals surface area contributed by atoms with Gasteiger partial charge in [-0.3, -0.25) is 9.59 Å². The third-order valence-corrected chi connectivity index (χ3v) is 7.15. The van der Waals surface area contributed by atoms with E-state index in [1.54, 1.807) is 34.6 Å². The Balaban J connectivity index is 2.90. The summed E-state index contributed by atoms with van der Waals surface area (Å²) >= 11 is 5.98. The molecule has 0 aromatic carbocycles. The van der Waals surface area contributed by atoms with Gasteiger partial charge < -0.3 is 14.2 Å². The van der Waals surface area contributed by atoms with Crippen molar-refractivity contribution in [3.63, 3.8) is 0 Å². The number of rotatable bonds is 4. The molecule has 1 aliphatic rings. The first-order valence-electron chi connectivity index (χ1n) is 6.75. The van der Waals surface area contributed by atoms with Crippen LogP contribution in [-0.4, -0.2) is 35.3 Å². The maximum Gasteiger partial charge on any atom is 0.313 e. The molecule has 1 heterocycles. The molecule has 0 saturated carbocycles. The van der Waals surface area contributed by atoms with Crippen LogP contribution in [-0.2, 0) is 23.8 Å². The van der Waals surface area contributed by atoms with E-state index in [1.807, 2.05) is 0 Å². The summed E-state index contributed by atoms with van der Waals surface area (Å²) in [6.45, 7) is 8.70. The van der Waals surface area contributed by atoms with E-state index in [0.29, 0.717) is 0 Å². The van der Waals surface area contributed by atoms with Gasteiger partial charge in [-0.05, 0) is 101 Å². The molecule has 1 saturated heterocycles. The Labute approximate surface area is 168 Å². The first-order valence-corrected chi connectivity index (χ1v) is 15.1. The van der Waals surface area contributed by atoms with Crippen LogP contribution >= 0.6 is 57.9 Å². The molecule has 1 aliphatic heterocycles. The van der Waals surface area contributed by atoms with E-state index in [9.17, 15) is 9.59 Å². The highest BCUT2D eigenvalue weighted by Gasteiger charge is 2.50. The van der Waals surface area contributed by atoms with Crippen molar-refractivity contribution in [2.75, 3.05) is 6.61 Å². The quantitative estimate of drug-likeness (QED) is 0.158. The Morgan fingerprint density at radius 1 is 1.35 bits per heavy atom. The Morgan fingerprint density at radius 3 is 2.39 bits per heavy atom. The predicted molar refractivity (Wildman–Crippen MR) is 110 cm³/mol. The molecule has 1 atom stereocenters. The smallest absolute Gasteiger partial charge is 0.313 e. The first-order chi connectivity index (χ1) is 10.4. The number of hydrogen-bond donors (Lipinski definition) is 0. The number of ketones is 1. The van der Waals surface area contributed by atoms with Crippen molar-refractivity contribution < 1.29 is 23.8 Å². The molecule has 0 aromatic rings. The molecular formula is C14H19I2O5PS. The number of halogens is 2. The second kappa shape index (κ2) is 8.49. The molecular weight excluding hydrogens is 565 g/mol. The van der Waals surface area contributed by atoms with Crippen molar-refractivity contribution in [1.82, 2.24) is 0 Å². The second-order valence-corrected chi connectivity index (χ2v) is 24.0. The van der Waals surface area contributed by atoms with Crippen molar-refractivity contribution in [3.05, 3.63) is 0 Å². The predicted octanol–water partition coefficient (Wildman–Crippen LogP) is 4.60. The van der Waals surface area contributed by atoms with Gasteiger partial charge >= 0.3 is 5.97 Å².